The third-order valence-electron chi connectivity index (χ3n) is 15.6. The molecule has 2 amide bonds. The van der Waals surface area contributed by atoms with Gasteiger partial charge in [-0.3, -0.25) is 9.59 Å². The fourth-order valence-corrected chi connectivity index (χ4v) is 11.3. The number of benzene rings is 2. The van der Waals surface area contributed by atoms with Crippen LogP contribution in [0.1, 0.15) is 180 Å². The van der Waals surface area contributed by atoms with E-state index in [1.807, 2.05) is 81.4 Å². The summed E-state index contributed by atoms with van der Waals surface area (Å²) in [7, 11) is 0. The number of carbonyl (C=O) groups excluding carboxylic acids is 4. The number of ether oxygens (including phenoxy) is 2. The Morgan fingerprint density at radius 1 is 0.548 bits per heavy atom. The molecule has 2 aromatic carbocycles. The fourth-order valence-electron chi connectivity index (χ4n) is 11.3. The van der Waals surface area contributed by atoms with Crippen LogP contribution in [0.4, 0.5) is 11.6 Å². The first-order valence-corrected chi connectivity index (χ1v) is 26.8. The van der Waals surface area contributed by atoms with Crippen molar-refractivity contribution in [2.75, 3.05) is 5.32 Å². The number of hydrogen-bond donors (Lipinski definition) is 3. The van der Waals surface area contributed by atoms with E-state index < -0.39 is 35.0 Å². The molecule has 6 rings (SSSR count). The zero-order valence-corrected chi connectivity index (χ0v) is 48.1. The highest BCUT2D eigenvalue weighted by Crippen LogP contribution is 2.52. The van der Waals surface area contributed by atoms with Crippen molar-refractivity contribution in [3.63, 3.8) is 0 Å². The number of nitrogens with zero attached hydrogens (tertiary/aromatic N) is 2. The molecule has 0 saturated heterocycles. The number of hydrogen-bond acceptors (Lipinski definition) is 7. The molecule has 1 aromatic heterocycles. The molecule has 3 aromatic rings. The van der Waals surface area contributed by atoms with Crippen LogP contribution < -0.4 is 10.6 Å². The van der Waals surface area contributed by atoms with Crippen molar-refractivity contribution in [2.24, 2.45) is 78.0 Å². The van der Waals surface area contributed by atoms with Crippen molar-refractivity contribution in [1.29, 1.82) is 0 Å². The van der Waals surface area contributed by atoms with Gasteiger partial charge in [-0.25, -0.2) is 19.6 Å². The second kappa shape index (κ2) is 20.8. The van der Waals surface area contributed by atoms with Gasteiger partial charge in [0.15, 0.2) is 11.7 Å². The number of carbonyl (C=O) groups is 4. The Morgan fingerprint density at radius 3 is 1.33 bits per heavy atom. The molecule has 2 saturated carbocycles. The Kier molecular flexibility index (Phi) is 16.2. The number of aromatic amines is 1. The molecule has 11 heteroatoms. The van der Waals surface area contributed by atoms with Gasteiger partial charge in [0.2, 0.25) is 11.8 Å². The van der Waals surface area contributed by atoms with Crippen LogP contribution in [0.25, 0.3) is 16.7 Å². The predicted molar refractivity (Wildman–Crippen MR) is 297 cm³/mol. The molecule has 11 nitrogen and oxygen atoms in total. The van der Waals surface area contributed by atoms with E-state index in [2.05, 4.69) is 113 Å². The Hall–Kier alpha value is -5.32. The van der Waals surface area contributed by atoms with Gasteiger partial charge in [-0.05, 0) is 70.3 Å². The zero-order chi connectivity index (χ0) is 54.6. The molecule has 1 aliphatic heterocycles. The summed E-state index contributed by atoms with van der Waals surface area (Å²) in [6.45, 7) is 42.0. The number of aromatic nitrogens is 1. The third-order valence-corrected chi connectivity index (χ3v) is 15.6. The monoisotopic (exact) mass is 1000 g/mol. The molecule has 4 atom stereocenters. The van der Waals surface area contributed by atoms with Crippen molar-refractivity contribution in [3.8, 4) is 11.1 Å². The number of anilines is 1. The maximum atomic E-state index is 15.5. The van der Waals surface area contributed by atoms with Gasteiger partial charge in [-0.2, -0.15) is 0 Å². The summed E-state index contributed by atoms with van der Waals surface area (Å²) < 4.78 is 13.8. The molecule has 0 bridgehead atoms. The average molecular weight is 1000 g/mol. The first-order chi connectivity index (χ1) is 33.5. The highest BCUT2D eigenvalue weighted by molar-refractivity contribution is 6.45. The van der Waals surface area contributed by atoms with E-state index in [0.29, 0.717) is 34.1 Å². The molecule has 398 valence electrons. The van der Waals surface area contributed by atoms with E-state index in [4.69, 9.17) is 19.5 Å². The molecule has 3 N–H and O–H groups in total. The maximum Gasteiger partial charge on any atom is 0.343 e. The Bertz CT molecular complexity index is 2570. The zero-order valence-electron chi connectivity index (χ0n) is 48.1. The smallest absolute Gasteiger partial charge is 0.343 e. The highest BCUT2D eigenvalue weighted by atomic mass is 16.5. The minimum atomic E-state index is -0.859. The number of aliphatic imine (C=N–C) groups is 2. The van der Waals surface area contributed by atoms with Gasteiger partial charge < -0.3 is 25.1 Å². The van der Waals surface area contributed by atoms with E-state index in [9.17, 15) is 9.59 Å². The van der Waals surface area contributed by atoms with E-state index in [1.54, 1.807) is 20.8 Å². The lowest BCUT2D eigenvalue weighted by Crippen LogP contribution is -2.50. The lowest BCUT2D eigenvalue weighted by atomic mass is 9.59. The second-order valence-electron chi connectivity index (χ2n) is 28.2. The molecule has 73 heavy (non-hydrogen) atoms. The molecular formula is C62H89N5O6. The van der Waals surface area contributed by atoms with Crippen LogP contribution in [0.3, 0.4) is 0 Å². The minimum absolute atomic E-state index is 0.0213. The van der Waals surface area contributed by atoms with Gasteiger partial charge in [0, 0.05) is 45.6 Å². The molecular weight excluding hydrogens is 911 g/mol. The van der Waals surface area contributed by atoms with Gasteiger partial charge in [0.05, 0.1) is 0 Å². The van der Waals surface area contributed by atoms with E-state index in [0.717, 1.165) is 25.7 Å². The Labute approximate surface area is 438 Å². The van der Waals surface area contributed by atoms with Gasteiger partial charge in [-0.1, -0.05) is 199 Å². The van der Waals surface area contributed by atoms with Crippen LogP contribution in [0.2, 0.25) is 0 Å². The minimum Gasteiger partial charge on any atom is -0.458 e. The maximum absolute atomic E-state index is 15.5. The molecule has 2 fully saturated rings. The highest BCUT2D eigenvalue weighted by Gasteiger charge is 2.51. The molecule has 2 heterocycles. The SMILES string of the molecule is CC1CC(C(C)(C)C)C(OC(=O)C2=C(c3ccccc3)C(=Nc3[nH]c(NC(=O)C(C)(C)C)c(C(=O)OC4C(C(C)(C)C)CC(C)CC4C(C)(C)C)c3-c3ccccc3)N=C2NC(=O)C(C)(C)C)C(C(C)(C)C)C1. The summed E-state index contributed by atoms with van der Waals surface area (Å²) in [5.41, 5.74) is -0.212. The van der Waals surface area contributed by atoms with Crippen LogP contribution >= 0.6 is 0 Å². The lowest BCUT2D eigenvalue weighted by molar-refractivity contribution is -0.164. The first-order valence-electron chi connectivity index (χ1n) is 26.8. The van der Waals surface area contributed by atoms with Crippen molar-refractivity contribution in [1.82, 2.24) is 10.3 Å². The Balaban J connectivity index is 1.65. The van der Waals surface area contributed by atoms with Gasteiger partial charge in [0.25, 0.3) is 0 Å². The molecule has 2 aliphatic carbocycles. The van der Waals surface area contributed by atoms with Gasteiger partial charge in [-0.15, -0.1) is 0 Å². The van der Waals surface area contributed by atoms with Crippen LogP contribution in [0.5, 0.6) is 0 Å². The van der Waals surface area contributed by atoms with Crippen LogP contribution in [-0.2, 0) is 23.9 Å². The molecule has 3 aliphatic rings. The topological polar surface area (TPSA) is 151 Å². The third kappa shape index (κ3) is 13.0. The normalized spacial score (nSPS) is 25.0. The molecule has 0 spiro atoms. The van der Waals surface area contributed by atoms with Crippen molar-refractivity contribution in [2.45, 2.75) is 176 Å². The number of rotatable bonds is 8. The summed E-state index contributed by atoms with van der Waals surface area (Å²) in [4.78, 5) is 73.0. The number of nitrogens with one attached hydrogen (secondary N) is 3. The van der Waals surface area contributed by atoms with Crippen LogP contribution in [0.15, 0.2) is 76.2 Å². The first kappa shape index (κ1) is 57.0. The fraction of sp³-hybridized carbons (Fsp3) is 0.613. The summed E-state index contributed by atoms with van der Waals surface area (Å²) in [6, 6.07) is 18.9. The lowest BCUT2D eigenvalue weighted by Gasteiger charge is -2.50. The van der Waals surface area contributed by atoms with E-state index in [1.165, 1.54) is 0 Å². The van der Waals surface area contributed by atoms with E-state index in [-0.39, 0.29) is 91.6 Å². The molecule has 0 radical (unpaired) electrons. The van der Waals surface area contributed by atoms with Gasteiger partial charge in [0.1, 0.15) is 35.0 Å². The summed E-state index contributed by atoms with van der Waals surface area (Å²) in [6.07, 6.45) is 2.73. The summed E-state index contributed by atoms with van der Waals surface area (Å²) >= 11 is 0. The molecule has 4 unspecified atom stereocenters. The summed E-state index contributed by atoms with van der Waals surface area (Å²) in [5.74, 6) is -0.350. The number of H-pyrrole nitrogens is 1. The Morgan fingerprint density at radius 2 is 0.932 bits per heavy atom. The number of amides is 2. The number of amidine groups is 2. The average Bonchev–Trinajstić information content (AvgIpc) is 3.80. The standard InChI is InChI=1S/C62H89N5O6/c1-35-31-39(57(3,4)5)47(40(32-35)58(6,7)8)72-53(68)45-43(37-27-23-21-24-28-37)49(64-51(45)66-55(70)61(15,16)17)63-50-44(38-29-25-22-26-30-38)46(52(65-50)67-56(71)62(18,19)20)54(69)73-48-41(59(9,10)11)33-36(2)34-42(48)60(12,13)14/h21-30,35-36,39-42,47-48,64H,31-34H2,1-20H3,(H,66,70)(H,63,65,67,71). The predicted octanol–water partition coefficient (Wildman–Crippen LogP) is 14.7. The quantitative estimate of drug-likeness (QED) is 0.191. The van der Waals surface area contributed by atoms with Crippen molar-refractivity contribution in [3.05, 3.63) is 77.4 Å². The number of esters is 2. The van der Waals surface area contributed by atoms with Crippen molar-refractivity contribution >= 4 is 52.6 Å². The van der Waals surface area contributed by atoms with Crippen LogP contribution in [0, 0.1) is 68.0 Å². The summed E-state index contributed by atoms with van der Waals surface area (Å²) in [5, 5.41) is 6.10. The van der Waals surface area contributed by atoms with E-state index >= 15 is 9.59 Å². The van der Waals surface area contributed by atoms with Gasteiger partial charge >= 0.3 is 11.9 Å². The van der Waals surface area contributed by atoms with Crippen LogP contribution in [-0.4, -0.2) is 52.6 Å². The largest absolute Gasteiger partial charge is 0.458 e. The van der Waals surface area contributed by atoms with Crippen molar-refractivity contribution < 1.29 is 28.7 Å². The second-order valence-corrected chi connectivity index (χ2v) is 28.2.